The third kappa shape index (κ3) is 3.31. The molecule has 6 nitrogen and oxygen atoms in total. The van der Waals surface area contributed by atoms with E-state index in [-0.39, 0.29) is 12.1 Å². The van der Waals surface area contributed by atoms with Crippen LogP contribution in [0.5, 0.6) is 0 Å². The number of likely N-dealkylation sites (tertiary alicyclic amines) is 1. The number of rotatable bonds is 3. The third-order valence-corrected chi connectivity index (χ3v) is 5.02. The number of carbonyl (C=O) groups is 2. The Balaban J connectivity index is 2.02. The Labute approximate surface area is 126 Å². The number of amides is 2. The second-order valence-corrected chi connectivity index (χ2v) is 6.20. The maximum absolute atomic E-state index is 12.6. The fraction of sp³-hybridized carbons (Fsp3) is 0.867. The van der Waals surface area contributed by atoms with E-state index < -0.39 is 11.4 Å². The fourth-order valence-electron chi connectivity index (χ4n) is 3.36. The molecule has 2 rings (SSSR count). The van der Waals surface area contributed by atoms with Crippen LogP contribution >= 0.6 is 0 Å². The minimum Gasteiger partial charge on any atom is -0.481 e. The molecule has 0 aromatic rings. The Kier molecular flexibility index (Phi) is 5.08. The number of carbonyl (C=O) groups excluding carboxylic acids is 1. The van der Waals surface area contributed by atoms with Gasteiger partial charge in [0.05, 0.1) is 5.41 Å². The fourth-order valence-corrected chi connectivity index (χ4v) is 3.36. The number of hydrogen-bond acceptors (Lipinski definition) is 3. The summed E-state index contributed by atoms with van der Waals surface area (Å²) in [5.74, 6) is -0.781. The lowest BCUT2D eigenvalue weighted by Crippen LogP contribution is -2.54. The lowest BCUT2D eigenvalue weighted by atomic mass is 9.78. The first-order valence-corrected chi connectivity index (χ1v) is 7.83. The van der Waals surface area contributed by atoms with Gasteiger partial charge in [0.25, 0.3) is 0 Å². The molecule has 2 aliphatic heterocycles. The van der Waals surface area contributed by atoms with E-state index in [1.807, 2.05) is 14.0 Å². The summed E-state index contributed by atoms with van der Waals surface area (Å²) in [5.41, 5.74) is -0.773. The van der Waals surface area contributed by atoms with Gasteiger partial charge in [-0.1, -0.05) is 6.92 Å². The summed E-state index contributed by atoms with van der Waals surface area (Å²) in [6, 6.07) is 0.162. The first-order valence-electron chi connectivity index (χ1n) is 7.83. The van der Waals surface area contributed by atoms with Crippen LogP contribution in [0.2, 0.25) is 0 Å². The maximum Gasteiger partial charge on any atom is 0.320 e. The number of carboxylic acids is 1. The van der Waals surface area contributed by atoms with Crippen LogP contribution in [0.25, 0.3) is 0 Å². The van der Waals surface area contributed by atoms with Gasteiger partial charge in [0.1, 0.15) is 0 Å². The number of carboxylic acid groups (broad SMARTS) is 1. The van der Waals surface area contributed by atoms with Crippen molar-refractivity contribution in [2.24, 2.45) is 5.41 Å². The van der Waals surface area contributed by atoms with E-state index in [9.17, 15) is 14.7 Å². The zero-order chi connectivity index (χ0) is 15.5. The van der Waals surface area contributed by atoms with E-state index in [1.165, 1.54) is 0 Å². The maximum atomic E-state index is 12.6. The number of nitrogens with zero attached hydrogens (tertiary/aromatic N) is 2. The highest BCUT2D eigenvalue weighted by atomic mass is 16.5. The van der Waals surface area contributed by atoms with Crippen LogP contribution in [-0.2, 0) is 9.53 Å². The van der Waals surface area contributed by atoms with Crippen molar-refractivity contribution in [1.29, 1.82) is 0 Å². The number of aliphatic carboxylic acids is 1. The predicted molar refractivity (Wildman–Crippen MR) is 78.2 cm³/mol. The van der Waals surface area contributed by atoms with E-state index in [4.69, 9.17) is 4.74 Å². The van der Waals surface area contributed by atoms with E-state index in [2.05, 4.69) is 0 Å². The summed E-state index contributed by atoms with van der Waals surface area (Å²) < 4.78 is 5.33. The van der Waals surface area contributed by atoms with Crippen molar-refractivity contribution in [3.05, 3.63) is 0 Å². The van der Waals surface area contributed by atoms with Crippen LogP contribution in [0.1, 0.15) is 39.0 Å². The zero-order valence-electron chi connectivity index (χ0n) is 13.0. The van der Waals surface area contributed by atoms with Crippen molar-refractivity contribution >= 4 is 12.0 Å². The second-order valence-electron chi connectivity index (χ2n) is 6.20. The molecule has 2 amide bonds. The van der Waals surface area contributed by atoms with Gasteiger partial charge in [-0.3, -0.25) is 4.79 Å². The Morgan fingerprint density at radius 1 is 1.38 bits per heavy atom. The average molecular weight is 298 g/mol. The van der Waals surface area contributed by atoms with Gasteiger partial charge in [0, 0.05) is 39.4 Å². The topological polar surface area (TPSA) is 70.1 Å². The van der Waals surface area contributed by atoms with Gasteiger partial charge in [-0.25, -0.2) is 4.79 Å². The Morgan fingerprint density at radius 3 is 2.62 bits per heavy atom. The van der Waals surface area contributed by atoms with Crippen molar-refractivity contribution in [2.75, 3.05) is 33.4 Å². The zero-order valence-corrected chi connectivity index (χ0v) is 13.0. The van der Waals surface area contributed by atoms with Crippen LogP contribution in [0.4, 0.5) is 4.79 Å². The van der Waals surface area contributed by atoms with Gasteiger partial charge >= 0.3 is 12.0 Å². The standard InChI is InChI=1S/C15H26N2O4/c1-3-15(13(18)19)7-4-8-17(11-15)14(20)16(2)12-5-9-21-10-6-12/h12H,3-11H2,1-2H3,(H,18,19). The van der Waals surface area contributed by atoms with Gasteiger partial charge in [-0.05, 0) is 32.1 Å². The monoisotopic (exact) mass is 298 g/mol. The number of piperidine rings is 1. The minimum absolute atomic E-state index is 0.0410. The summed E-state index contributed by atoms with van der Waals surface area (Å²) in [5, 5.41) is 9.51. The molecular weight excluding hydrogens is 272 g/mol. The van der Waals surface area contributed by atoms with Gasteiger partial charge < -0.3 is 19.6 Å². The van der Waals surface area contributed by atoms with E-state index in [1.54, 1.807) is 9.80 Å². The lowest BCUT2D eigenvalue weighted by Gasteiger charge is -2.42. The van der Waals surface area contributed by atoms with E-state index in [0.717, 1.165) is 19.3 Å². The number of ether oxygens (including phenoxy) is 1. The van der Waals surface area contributed by atoms with Gasteiger partial charge in [0.15, 0.2) is 0 Å². The van der Waals surface area contributed by atoms with Crippen LogP contribution in [0.3, 0.4) is 0 Å². The Hall–Kier alpha value is -1.30. The molecule has 0 saturated carbocycles. The van der Waals surface area contributed by atoms with E-state index in [0.29, 0.717) is 39.1 Å². The number of urea groups is 1. The highest BCUT2D eigenvalue weighted by molar-refractivity contribution is 5.79. The van der Waals surface area contributed by atoms with Gasteiger partial charge in [0.2, 0.25) is 0 Å². The molecule has 0 radical (unpaired) electrons. The van der Waals surface area contributed by atoms with Crippen molar-refractivity contribution in [1.82, 2.24) is 9.80 Å². The molecule has 0 bridgehead atoms. The van der Waals surface area contributed by atoms with Crippen LogP contribution in [0.15, 0.2) is 0 Å². The van der Waals surface area contributed by atoms with E-state index >= 15 is 0 Å². The molecule has 0 spiro atoms. The summed E-state index contributed by atoms with van der Waals surface area (Å²) in [6.45, 7) is 4.25. The highest BCUT2D eigenvalue weighted by Crippen LogP contribution is 2.34. The normalized spacial score (nSPS) is 27.4. The predicted octanol–water partition coefficient (Wildman–Crippen LogP) is 1.79. The summed E-state index contributed by atoms with van der Waals surface area (Å²) in [7, 11) is 1.82. The molecule has 120 valence electrons. The molecular formula is C15H26N2O4. The molecule has 2 saturated heterocycles. The molecule has 0 aliphatic carbocycles. The molecule has 1 N–H and O–H groups in total. The lowest BCUT2D eigenvalue weighted by molar-refractivity contribution is -0.152. The smallest absolute Gasteiger partial charge is 0.320 e. The largest absolute Gasteiger partial charge is 0.481 e. The number of hydrogen-bond donors (Lipinski definition) is 1. The molecule has 6 heteroatoms. The summed E-state index contributed by atoms with van der Waals surface area (Å²) in [6.07, 6.45) is 3.69. The van der Waals surface area contributed by atoms with Crippen molar-refractivity contribution in [3.8, 4) is 0 Å². The average Bonchev–Trinajstić information content (AvgIpc) is 2.54. The first-order chi connectivity index (χ1) is 10.00. The molecule has 2 fully saturated rings. The van der Waals surface area contributed by atoms with Crippen molar-refractivity contribution in [3.63, 3.8) is 0 Å². The van der Waals surface area contributed by atoms with Crippen LogP contribution in [0, 0.1) is 5.41 Å². The third-order valence-electron chi connectivity index (χ3n) is 5.02. The quantitative estimate of drug-likeness (QED) is 0.862. The van der Waals surface area contributed by atoms with Gasteiger partial charge in [-0.15, -0.1) is 0 Å². The molecule has 21 heavy (non-hydrogen) atoms. The Bertz CT molecular complexity index is 395. The first kappa shape index (κ1) is 16.1. The van der Waals surface area contributed by atoms with Crippen molar-refractivity contribution < 1.29 is 19.4 Å². The van der Waals surface area contributed by atoms with Crippen LogP contribution < -0.4 is 0 Å². The molecule has 1 atom stereocenters. The summed E-state index contributed by atoms with van der Waals surface area (Å²) >= 11 is 0. The van der Waals surface area contributed by atoms with Crippen molar-refractivity contribution in [2.45, 2.75) is 45.1 Å². The Morgan fingerprint density at radius 2 is 2.05 bits per heavy atom. The minimum atomic E-state index is -0.781. The SMILES string of the molecule is CCC1(C(=O)O)CCCN(C(=O)N(C)C2CCOCC2)C1. The molecule has 2 aliphatic rings. The second kappa shape index (κ2) is 6.64. The van der Waals surface area contributed by atoms with Gasteiger partial charge in [-0.2, -0.15) is 0 Å². The highest BCUT2D eigenvalue weighted by Gasteiger charge is 2.43. The van der Waals surface area contributed by atoms with Crippen LogP contribution in [-0.4, -0.2) is 66.3 Å². The molecule has 0 aromatic heterocycles. The molecule has 0 aromatic carbocycles. The molecule has 1 unspecified atom stereocenters. The molecule has 2 heterocycles. The summed E-state index contributed by atoms with van der Waals surface area (Å²) in [4.78, 5) is 27.7.